The molecule has 1 unspecified atom stereocenters. The predicted molar refractivity (Wildman–Crippen MR) is 47.9 cm³/mol. The summed E-state index contributed by atoms with van der Waals surface area (Å²) in [5.74, 6) is -0.129. The molecular formula is C8H17NaO3S. The van der Waals surface area contributed by atoms with Gasteiger partial charge in [0.25, 0.3) is 0 Å². The van der Waals surface area contributed by atoms with E-state index >= 15 is 0 Å². The van der Waals surface area contributed by atoms with Gasteiger partial charge >= 0.3 is 29.6 Å². The summed E-state index contributed by atoms with van der Waals surface area (Å²) in [5.41, 5.74) is 0. The SMILES string of the molecule is CCCCC(CC)CS(=O)(=O)[O-].[Na+]. The first-order chi connectivity index (χ1) is 5.49. The fraction of sp³-hybridized carbons (Fsp3) is 1.00. The summed E-state index contributed by atoms with van der Waals surface area (Å²) in [6, 6.07) is 0. The van der Waals surface area contributed by atoms with Crippen molar-refractivity contribution in [2.24, 2.45) is 5.92 Å². The first-order valence-electron chi connectivity index (χ1n) is 4.43. The molecule has 3 nitrogen and oxygen atoms in total. The van der Waals surface area contributed by atoms with E-state index in [-0.39, 0.29) is 41.2 Å². The molecule has 0 aromatic heterocycles. The Morgan fingerprint density at radius 2 is 1.85 bits per heavy atom. The van der Waals surface area contributed by atoms with E-state index in [2.05, 4.69) is 6.92 Å². The molecule has 0 amide bonds. The third kappa shape index (κ3) is 10.8. The molecule has 74 valence electrons. The summed E-state index contributed by atoms with van der Waals surface area (Å²) >= 11 is 0. The van der Waals surface area contributed by atoms with Gasteiger partial charge in [0, 0.05) is 5.75 Å². The number of rotatable bonds is 6. The van der Waals surface area contributed by atoms with Crippen LogP contribution in [0.25, 0.3) is 0 Å². The van der Waals surface area contributed by atoms with Gasteiger partial charge < -0.3 is 4.55 Å². The van der Waals surface area contributed by atoms with Crippen molar-refractivity contribution in [1.82, 2.24) is 0 Å². The van der Waals surface area contributed by atoms with Crippen LogP contribution in [0.1, 0.15) is 39.5 Å². The van der Waals surface area contributed by atoms with Crippen molar-refractivity contribution in [2.45, 2.75) is 39.5 Å². The number of hydrogen-bond donors (Lipinski definition) is 0. The van der Waals surface area contributed by atoms with Gasteiger partial charge in [-0.15, -0.1) is 0 Å². The molecule has 0 aliphatic rings. The molecule has 0 aromatic carbocycles. The molecule has 1 atom stereocenters. The monoisotopic (exact) mass is 216 g/mol. The Hall–Kier alpha value is 0.910. The van der Waals surface area contributed by atoms with E-state index in [4.69, 9.17) is 0 Å². The molecule has 0 rings (SSSR count). The molecule has 0 saturated heterocycles. The summed E-state index contributed by atoms with van der Waals surface area (Å²) in [6.45, 7) is 3.98. The summed E-state index contributed by atoms with van der Waals surface area (Å²) in [4.78, 5) is 0. The zero-order chi connectivity index (χ0) is 9.61. The van der Waals surface area contributed by atoms with E-state index in [0.717, 1.165) is 25.7 Å². The van der Waals surface area contributed by atoms with Crippen LogP contribution >= 0.6 is 0 Å². The Kier molecular flexibility index (Phi) is 10.4. The molecule has 13 heavy (non-hydrogen) atoms. The minimum Gasteiger partial charge on any atom is -0.748 e. The standard InChI is InChI=1S/C8H18O3S.Na/c1-3-5-6-8(4-2)7-12(9,10)11;/h8H,3-7H2,1-2H3,(H,9,10,11);/q;+1/p-1. The summed E-state index contributed by atoms with van der Waals surface area (Å²) in [6.07, 6.45) is 3.69. The van der Waals surface area contributed by atoms with E-state index in [9.17, 15) is 13.0 Å². The Morgan fingerprint density at radius 1 is 1.31 bits per heavy atom. The third-order valence-corrected chi connectivity index (χ3v) is 2.86. The molecule has 0 heterocycles. The van der Waals surface area contributed by atoms with Gasteiger partial charge in [-0.1, -0.05) is 33.1 Å². The van der Waals surface area contributed by atoms with Gasteiger partial charge in [0.2, 0.25) is 0 Å². The molecule has 0 aliphatic carbocycles. The maximum absolute atomic E-state index is 10.4. The second kappa shape index (κ2) is 8.24. The Morgan fingerprint density at radius 3 is 2.15 bits per heavy atom. The van der Waals surface area contributed by atoms with Gasteiger partial charge in [-0.2, -0.15) is 0 Å². The summed E-state index contributed by atoms with van der Waals surface area (Å²) in [7, 11) is -4.02. The van der Waals surface area contributed by atoms with Crippen molar-refractivity contribution < 1.29 is 42.5 Å². The molecule has 0 saturated carbocycles. The van der Waals surface area contributed by atoms with Crippen LogP contribution < -0.4 is 29.6 Å². The third-order valence-electron chi connectivity index (χ3n) is 1.98. The molecule has 0 aromatic rings. The van der Waals surface area contributed by atoms with E-state index in [1.54, 1.807) is 0 Å². The first-order valence-corrected chi connectivity index (χ1v) is 6.00. The van der Waals surface area contributed by atoms with Gasteiger partial charge in [0.05, 0.1) is 10.1 Å². The van der Waals surface area contributed by atoms with Gasteiger partial charge in [-0.3, -0.25) is 0 Å². The van der Waals surface area contributed by atoms with Crippen LogP contribution in [0.2, 0.25) is 0 Å². The van der Waals surface area contributed by atoms with Gasteiger partial charge in [-0.05, 0) is 12.3 Å². The van der Waals surface area contributed by atoms with Crippen LogP contribution in [0.5, 0.6) is 0 Å². The molecule has 0 N–H and O–H groups in total. The normalized spacial score (nSPS) is 13.5. The molecule has 0 fully saturated rings. The average molecular weight is 216 g/mol. The second-order valence-electron chi connectivity index (χ2n) is 3.14. The quantitative estimate of drug-likeness (QED) is 0.412. The fourth-order valence-corrected chi connectivity index (χ4v) is 2.17. The smallest absolute Gasteiger partial charge is 0.748 e. The molecule has 0 radical (unpaired) electrons. The van der Waals surface area contributed by atoms with Crippen LogP contribution in [0.15, 0.2) is 0 Å². The Bertz CT molecular complexity index is 201. The maximum Gasteiger partial charge on any atom is 1.00 e. The van der Waals surface area contributed by atoms with Gasteiger partial charge in [0.1, 0.15) is 0 Å². The van der Waals surface area contributed by atoms with Gasteiger partial charge in [-0.25, -0.2) is 8.42 Å². The molecule has 0 spiro atoms. The zero-order valence-electron chi connectivity index (χ0n) is 8.75. The van der Waals surface area contributed by atoms with Gasteiger partial charge in [0.15, 0.2) is 0 Å². The van der Waals surface area contributed by atoms with Crippen molar-refractivity contribution in [2.75, 3.05) is 5.75 Å². The molecule has 0 aliphatic heterocycles. The largest absolute Gasteiger partial charge is 1.00 e. The fourth-order valence-electron chi connectivity index (χ4n) is 1.19. The summed E-state index contributed by atoms with van der Waals surface area (Å²) < 4.78 is 31.2. The molecular weight excluding hydrogens is 199 g/mol. The van der Waals surface area contributed by atoms with E-state index < -0.39 is 10.1 Å². The van der Waals surface area contributed by atoms with E-state index in [1.165, 1.54) is 0 Å². The average Bonchev–Trinajstić information content (AvgIpc) is 1.95. The summed E-state index contributed by atoms with van der Waals surface area (Å²) in [5, 5.41) is 0. The minimum atomic E-state index is -4.02. The number of unbranched alkanes of at least 4 members (excludes halogenated alkanes) is 1. The van der Waals surface area contributed by atoms with Crippen LogP contribution in [0.3, 0.4) is 0 Å². The Balaban J connectivity index is 0. The topological polar surface area (TPSA) is 57.2 Å². The first kappa shape index (κ1) is 16.3. The number of hydrogen-bond acceptors (Lipinski definition) is 3. The van der Waals surface area contributed by atoms with Crippen molar-refractivity contribution >= 4 is 10.1 Å². The van der Waals surface area contributed by atoms with E-state index in [0.29, 0.717) is 0 Å². The van der Waals surface area contributed by atoms with Crippen LogP contribution in [-0.2, 0) is 10.1 Å². The Labute approximate surface area is 103 Å². The van der Waals surface area contributed by atoms with Crippen molar-refractivity contribution in [3.05, 3.63) is 0 Å². The minimum absolute atomic E-state index is 0. The maximum atomic E-state index is 10.4. The van der Waals surface area contributed by atoms with Crippen LogP contribution in [0.4, 0.5) is 0 Å². The van der Waals surface area contributed by atoms with Crippen molar-refractivity contribution in [3.8, 4) is 0 Å². The molecule has 5 heteroatoms. The van der Waals surface area contributed by atoms with Crippen molar-refractivity contribution in [1.29, 1.82) is 0 Å². The van der Waals surface area contributed by atoms with Crippen LogP contribution in [-0.4, -0.2) is 18.7 Å². The predicted octanol–water partition coefficient (Wildman–Crippen LogP) is -1.25. The zero-order valence-corrected chi connectivity index (χ0v) is 11.6. The second-order valence-corrected chi connectivity index (χ2v) is 4.59. The molecule has 0 bridgehead atoms. The van der Waals surface area contributed by atoms with Crippen LogP contribution in [0, 0.1) is 5.92 Å². The van der Waals surface area contributed by atoms with E-state index in [1.807, 2.05) is 6.92 Å². The van der Waals surface area contributed by atoms with Crippen molar-refractivity contribution in [3.63, 3.8) is 0 Å².